The number of H-pyrrole nitrogens is 1. The highest BCUT2D eigenvalue weighted by molar-refractivity contribution is 5.83. The maximum Gasteiger partial charge on any atom is 0.296 e. The van der Waals surface area contributed by atoms with Crippen LogP contribution in [0.25, 0.3) is 10.9 Å². The molecular formula is C15H13N3O3. The molecule has 1 heterocycles. The average Bonchev–Trinajstić information content (AvgIpc) is 2.89. The zero-order chi connectivity index (χ0) is 14.8. The zero-order valence-electron chi connectivity index (χ0n) is 11.0. The van der Waals surface area contributed by atoms with E-state index < -0.39 is 4.92 Å². The molecule has 3 N–H and O–H groups in total. The van der Waals surface area contributed by atoms with Gasteiger partial charge in [-0.05, 0) is 23.8 Å². The number of nitro benzene ring substituents is 1. The van der Waals surface area contributed by atoms with Crippen LogP contribution in [0.1, 0.15) is 5.56 Å². The molecule has 0 unspecified atom stereocenters. The summed E-state index contributed by atoms with van der Waals surface area (Å²) in [4.78, 5) is 13.6. The number of aromatic hydroxyl groups is 1. The van der Waals surface area contributed by atoms with Crippen LogP contribution in [0.2, 0.25) is 0 Å². The summed E-state index contributed by atoms with van der Waals surface area (Å²) in [6.45, 7) is 0.454. The summed E-state index contributed by atoms with van der Waals surface area (Å²) in [5.74, 6) is -0.126. The predicted octanol–water partition coefficient (Wildman–Crippen LogP) is 3.39. The Balaban J connectivity index is 1.87. The molecule has 0 aliphatic carbocycles. The first-order chi connectivity index (χ1) is 10.1. The van der Waals surface area contributed by atoms with E-state index >= 15 is 0 Å². The van der Waals surface area contributed by atoms with E-state index in [2.05, 4.69) is 10.3 Å². The largest absolute Gasteiger partial charge is 0.508 e. The lowest BCUT2D eigenvalue weighted by Crippen LogP contribution is -2.02. The highest BCUT2D eigenvalue weighted by Gasteiger charge is 2.14. The van der Waals surface area contributed by atoms with Gasteiger partial charge in [0.15, 0.2) is 0 Å². The molecule has 0 amide bonds. The van der Waals surface area contributed by atoms with E-state index in [4.69, 9.17) is 0 Å². The molecule has 6 nitrogen and oxygen atoms in total. The molecule has 0 aliphatic rings. The van der Waals surface area contributed by atoms with Crippen LogP contribution in [0.4, 0.5) is 11.4 Å². The lowest BCUT2D eigenvalue weighted by molar-refractivity contribution is -0.384. The quantitative estimate of drug-likeness (QED) is 0.389. The number of benzene rings is 2. The second-order valence-electron chi connectivity index (χ2n) is 4.67. The number of nitrogens with zero attached hydrogens (tertiary/aromatic N) is 1. The van der Waals surface area contributed by atoms with Crippen molar-refractivity contribution in [2.24, 2.45) is 0 Å². The number of aromatic nitrogens is 1. The molecule has 106 valence electrons. The molecule has 6 heteroatoms. The van der Waals surface area contributed by atoms with Crippen LogP contribution in [0.15, 0.2) is 48.7 Å². The van der Waals surface area contributed by atoms with Gasteiger partial charge in [0, 0.05) is 23.6 Å². The Morgan fingerprint density at radius 1 is 1.24 bits per heavy atom. The normalized spacial score (nSPS) is 10.7. The summed E-state index contributed by atoms with van der Waals surface area (Å²) >= 11 is 0. The van der Waals surface area contributed by atoms with E-state index in [0.717, 1.165) is 22.5 Å². The van der Waals surface area contributed by atoms with E-state index in [9.17, 15) is 15.2 Å². The fourth-order valence-electron chi connectivity index (χ4n) is 2.29. The van der Waals surface area contributed by atoms with Gasteiger partial charge in [0.25, 0.3) is 5.69 Å². The number of fused-ring (bicyclic) bond motifs is 1. The fourth-order valence-corrected chi connectivity index (χ4v) is 2.29. The number of phenols is 1. The Bertz CT molecular complexity index is 811. The van der Waals surface area contributed by atoms with Crippen molar-refractivity contribution in [3.8, 4) is 5.75 Å². The van der Waals surface area contributed by atoms with Gasteiger partial charge in [-0.3, -0.25) is 10.1 Å². The molecule has 2 aromatic carbocycles. The van der Waals surface area contributed by atoms with E-state index in [1.807, 2.05) is 30.5 Å². The molecule has 3 aromatic rings. The van der Waals surface area contributed by atoms with Gasteiger partial charge in [0.05, 0.1) is 11.0 Å². The minimum Gasteiger partial charge on any atom is -0.508 e. The van der Waals surface area contributed by atoms with Crippen LogP contribution >= 0.6 is 0 Å². The van der Waals surface area contributed by atoms with Crippen LogP contribution in [0.3, 0.4) is 0 Å². The summed E-state index contributed by atoms with van der Waals surface area (Å²) in [6.07, 6.45) is 1.88. The number of hydrogen-bond donors (Lipinski definition) is 3. The SMILES string of the molecule is O=[N+]([O-])c1cc(O)ccc1NCc1c[nH]c2ccccc12. The molecule has 3 rings (SSSR count). The molecule has 0 radical (unpaired) electrons. The summed E-state index contributed by atoms with van der Waals surface area (Å²) in [6, 6.07) is 11.9. The Hall–Kier alpha value is -3.02. The fraction of sp³-hybridized carbons (Fsp3) is 0.0667. The molecule has 0 bridgehead atoms. The molecular weight excluding hydrogens is 270 g/mol. The molecule has 0 saturated heterocycles. The first-order valence-corrected chi connectivity index (χ1v) is 6.41. The van der Waals surface area contributed by atoms with Crippen molar-refractivity contribution in [2.75, 3.05) is 5.32 Å². The number of aromatic amines is 1. The third kappa shape index (κ3) is 2.51. The van der Waals surface area contributed by atoms with Gasteiger partial charge in [-0.1, -0.05) is 18.2 Å². The first kappa shape index (κ1) is 13.0. The van der Waals surface area contributed by atoms with Crippen molar-refractivity contribution in [2.45, 2.75) is 6.54 Å². The molecule has 1 aromatic heterocycles. The highest BCUT2D eigenvalue weighted by Crippen LogP contribution is 2.29. The Kier molecular flexibility index (Phi) is 3.19. The van der Waals surface area contributed by atoms with Gasteiger partial charge >= 0.3 is 0 Å². The van der Waals surface area contributed by atoms with Gasteiger partial charge in [0.2, 0.25) is 0 Å². The summed E-state index contributed by atoms with van der Waals surface area (Å²) < 4.78 is 0. The smallest absolute Gasteiger partial charge is 0.296 e. The number of hydrogen-bond acceptors (Lipinski definition) is 4. The van der Waals surface area contributed by atoms with Gasteiger partial charge in [-0.15, -0.1) is 0 Å². The number of nitro groups is 1. The lowest BCUT2D eigenvalue weighted by Gasteiger charge is -2.07. The van der Waals surface area contributed by atoms with E-state index in [-0.39, 0.29) is 11.4 Å². The maximum atomic E-state index is 11.0. The number of para-hydroxylation sites is 1. The van der Waals surface area contributed by atoms with Gasteiger partial charge < -0.3 is 15.4 Å². The third-order valence-electron chi connectivity index (χ3n) is 3.32. The number of phenolic OH excluding ortho intramolecular Hbond substituents is 1. The van der Waals surface area contributed by atoms with Crippen LogP contribution in [-0.2, 0) is 6.54 Å². The average molecular weight is 283 g/mol. The van der Waals surface area contributed by atoms with Crippen molar-refractivity contribution in [1.82, 2.24) is 4.98 Å². The van der Waals surface area contributed by atoms with Crippen LogP contribution in [-0.4, -0.2) is 15.0 Å². The van der Waals surface area contributed by atoms with Gasteiger partial charge in [0.1, 0.15) is 11.4 Å². The van der Waals surface area contributed by atoms with Crippen molar-refractivity contribution < 1.29 is 10.0 Å². The van der Waals surface area contributed by atoms with Crippen LogP contribution in [0, 0.1) is 10.1 Å². The Labute approximate surface area is 120 Å². The lowest BCUT2D eigenvalue weighted by atomic mass is 10.1. The van der Waals surface area contributed by atoms with E-state index in [1.165, 1.54) is 12.1 Å². The second kappa shape index (κ2) is 5.16. The summed E-state index contributed by atoms with van der Waals surface area (Å²) in [5, 5.41) is 24.5. The Morgan fingerprint density at radius 3 is 2.86 bits per heavy atom. The number of rotatable bonds is 4. The van der Waals surface area contributed by atoms with Crippen molar-refractivity contribution in [3.63, 3.8) is 0 Å². The molecule has 0 atom stereocenters. The molecule has 0 spiro atoms. The maximum absolute atomic E-state index is 11.0. The third-order valence-corrected chi connectivity index (χ3v) is 3.32. The topological polar surface area (TPSA) is 91.2 Å². The van der Waals surface area contributed by atoms with E-state index in [1.54, 1.807) is 0 Å². The summed E-state index contributed by atoms with van der Waals surface area (Å²) in [7, 11) is 0. The first-order valence-electron chi connectivity index (χ1n) is 6.41. The zero-order valence-corrected chi connectivity index (χ0v) is 11.0. The highest BCUT2D eigenvalue weighted by atomic mass is 16.6. The van der Waals surface area contributed by atoms with E-state index in [0.29, 0.717) is 12.2 Å². The number of anilines is 1. The predicted molar refractivity (Wildman–Crippen MR) is 80.4 cm³/mol. The second-order valence-corrected chi connectivity index (χ2v) is 4.67. The van der Waals surface area contributed by atoms with Crippen molar-refractivity contribution in [1.29, 1.82) is 0 Å². The monoisotopic (exact) mass is 283 g/mol. The number of nitrogens with one attached hydrogen (secondary N) is 2. The van der Waals surface area contributed by atoms with Crippen molar-refractivity contribution in [3.05, 3.63) is 64.3 Å². The van der Waals surface area contributed by atoms with Gasteiger partial charge in [-0.25, -0.2) is 0 Å². The van der Waals surface area contributed by atoms with Crippen LogP contribution < -0.4 is 5.32 Å². The molecule has 0 fully saturated rings. The van der Waals surface area contributed by atoms with Crippen molar-refractivity contribution >= 4 is 22.3 Å². The standard InChI is InChI=1S/C15H13N3O3/c19-11-5-6-14(15(7-11)18(20)21)17-9-10-8-16-13-4-2-1-3-12(10)13/h1-8,16-17,19H,9H2. The minimum atomic E-state index is -0.517. The summed E-state index contributed by atoms with van der Waals surface area (Å²) in [5.41, 5.74) is 2.28. The Morgan fingerprint density at radius 2 is 2.05 bits per heavy atom. The van der Waals surface area contributed by atoms with Crippen LogP contribution in [0.5, 0.6) is 5.75 Å². The molecule has 0 aliphatic heterocycles. The molecule has 0 saturated carbocycles. The minimum absolute atomic E-state index is 0.126. The van der Waals surface area contributed by atoms with Gasteiger partial charge in [-0.2, -0.15) is 0 Å². The molecule has 21 heavy (non-hydrogen) atoms.